The van der Waals surface area contributed by atoms with Crippen molar-refractivity contribution < 1.29 is 4.39 Å². The third-order valence-electron chi connectivity index (χ3n) is 0.653. The predicted octanol–water partition coefficient (Wildman–Crippen LogP) is -0.0473. The van der Waals surface area contributed by atoms with E-state index in [4.69, 9.17) is 11.1 Å². The highest BCUT2D eigenvalue weighted by Gasteiger charge is 1.92. The molecular formula is C4H8FN3. The summed E-state index contributed by atoms with van der Waals surface area (Å²) in [7, 11) is 1.48. The van der Waals surface area contributed by atoms with Crippen molar-refractivity contribution in [1.29, 1.82) is 5.41 Å². The zero-order valence-electron chi connectivity index (χ0n) is 4.53. The Morgan fingerprint density at radius 1 is 1.88 bits per heavy atom. The van der Waals surface area contributed by atoms with E-state index in [1.54, 1.807) is 0 Å². The Hall–Kier alpha value is -1.06. The molecule has 0 spiro atoms. The van der Waals surface area contributed by atoms with Crippen LogP contribution in [0.1, 0.15) is 0 Å². The van der Waals surface area contributed by atoms with E-state index in [9.17, 15) is 4.39 Å². The fourth-order valence-corrected chi connectivity index (χ4v) is 0.197. The average Bonchev–Trinajstić information content (AvgIpc) is 1.84. The SMILES string of the molecule is CN/C(N)=C(\F)C=N. The van der Waals surface area contributed by atoms with Crippen LogP contribution >= 0.6 is 0 Å². The van der Waals surface area contributed by atoms with Crippen LogP contribution in [0.25, 0.3) is 0 Å². The minimum Gasteiger partial charge on any atom is -0.383 e. The quantitative estimate of drug-likeness (QED) is 0.444. The molecule has 46 valence electrons. The molecule has 0 aromatic carbocycles. The lowest BCUT2D eigenvalue weighted by molar-refractivity contribution is 0.656. The van der Waals surface area contributed by atoms with Gasteiger partial charge in [0.2, 0.25) is 0 Å². The molecule has 0 aromatic heterocycles. The van der Waals surface area contributed by atoms with E-state index in [1.807, 2.05) is 0 Å². The highest BCUT2D eigenvalue weighted by Crippen LogP contribution is 1.90. The van der Waals surface area contributed by atoms with Gasteiger partial charge in [-0.25, -0.2) is 4.39 Å². The summed E-state index contributed by atoms with van der Waals surface area (Å²) in [6, 6.07) is 0. The first kappa shape index (κ1) is 6.94. The molecule has 8 heavy (non-hydrogen) atoms. The van der Waals surface area contributed by atoms with Gasteiger partial charge in [-0.15, -0.1) is 0 Å². The van der Waals surface area contributed by atoms with Gasteiger partial charge in [-0.3, -0.25) is 0 Å². The number of rotatable bonds is 2. The molecule has 0 bridgehead atoms. The summed E-state index contributed by atoms with van der Waals surface area (Å²) in [6.07, 6.45) is 0.547. The number of nitrogens with one attached hydrogen (secondary N) is 2. The van der Waals surface area contributed by atoms with Crippen LogP contribution in [0.2, 0.25) is 0 Å². The molecule has 0 heterocycles. The Kier molecular flexibility index (Phi) is 2.61. The van der Waals surface area contributed by atoms with E-state index in [0.717, 1.165) is 0 Å². The van der Waals surface area contributed by atoms with Gasteiger partial charge in [-0.05, 0) is 0 Å². The second kappa shape index (κ2) is 3.01. The molecule has 0 unspecified atom stereocenters. The lowest BCUT2D eigenvalue weighted by atomic mass is 10.5. The van der Waals surface area contributed by atoms with Gasteiger partial charge in [-0.1, -0.05) is 0 Å². The first-order valence-corrected chi connectivity index (χ1v) is 2.06. The van der Waals surface area contributed by atoms with Crippen LogP contribution < -0.4 is 11.1 Å². The Labute approximate surface area is 46.9 Å². The first-order valence-electron chi connectivity index (χ1n) is 2.06. The first-order chi connectivity index (χ1) is 3.72. The number of nitrogens with two attached hydrogens (primary N) is 1. The molecule has 0 aromatic rings. The van der Waals surface area contributed by atoms with Crippen molar-refractivity contribution in [3.63, 3.8) is 0 Å². The Morgan fingerprint density at radius 3 is 2.50 bits per heavy atom. The molecule has 0 fully saturated rings. The van der Waals surface area contributed by atoms with Gasteiger partial charge in [0.15, 0.2) is 5.83 Å². The second-order valence-electron chi connectivity index (χ2n) is 1.16. The predicted molar refractivity (Wildman–Crippen MR) is 30.2 cm³/mol. The van der Waals surface area contributed by atoms with Crippen molar-refractivity contribution in [2.24, 2.45) is 5.73 Å². The van der Waals surface area contributed by atoms with Gasteiger partial charge in [0.25, 0.3) is 0 Å². The lowest BCUT2D eigenvalue weighted by Crippen LogP contribution is -2.16. The van der Waals surface area contributed by atoms with Crippen LogP contribution in [0, 0.1) is 5.41 Å². The summed E-state index contributed by atoms with van der Waals surface area (Å²) in [5, 5.41) is 8.71. The van der Waals surface area contributed by atoms with Gasteiger partial charge in [-0.2, -0.15) is 0 Å². The van der Waals surface area contributed by atoms with Crippen molar-refractivity contribution in [3.05, 3.63) is 11.6 Å². The number of hydrogen-bond donors (Lipinski definition) is 3. The monoisotopic (exact) mass is 117 g/mol. The lowest BCUT2D eigenvalue weighted by Gasteiger charge is -1.95. The molecule has 0 saturated carbocycles. The Balaban J connectivity index is 4.03. The average molecular weight is 117 g/mol. The summed E-state index contributed by atoms with van der Waals surface area (Å²) in [4.78, 5) is 0. The molecule has 0 saturated heterocycles. The minimum atomic E-state index is -0.743. The van der Waals surface area contributed by atoms with Gasteiger partial charge in [0, 0.05) is 7.05 Å². The van der Waals surface area contributed by atoms with Crippen LogP contribution in [0.5, 0.6) is 0 Å². The van der Waals surface area contributed by atoms with Crippen LogP contribution in [0.15, 0.2) is 11.6 Å². The van der Waals surface area contributed by atoms with E-state index in [2.05, 4.69) is 5.32 Å². The van der Waals surface area contributed by atoms with Crippen LogP contribution in [0.4, 0.5) is 4.39 Å². The molecule has 3 nitrogen and oxygen atoms in total. The van der Waals surface area contributed by atoms with Gasteiger partial charge in [0.1, 0.15) is 5.82 Å². The maximum absolute atomic E-state index is 12.0. The maximum atomic E-state index is 12.0. The molecule has 4 N–H and O–H groups in total. The third kappa shape index (κ3) is 1.59. The molecule has 4 heteroatoms. The van der Waals surface area contributed by atoms with E-state index in [1.165, 1.54) is 7.05 Å². The molecule has 0 radical (unpaired) electrons. The summed E-state index contributed by atoms with van der Waals surface area (Å²) in [5.74, 6) is -0.854. The van der Waals surface area contributed by atoms with Crippen LogP contribution in [-0.4, -0.2) is 13.3 Å². The molecule has 0 amide bonds. The Bertz CT molecular complexity index is 118. The maximum Gasteiger partial charge on any atom is 0.180 e. The highest BCUT2D eigenvalue weighted by atomic mass is 19.1. The topological polar surface area (TPSA) is 61.9 Å². The molecule has 0 atom stereocenters. The van der Waals surface area contributed by atoms with E-state index in [-0.39, 0.29) is 5.82 Å². The van der Waals surface area contributed by atoms with E-state index >= 15 is 0 Å². The fourth-order valence-electron chi connectivity index (χ4n) is 0.197. The standard InChI is InChI=1S/C4H8FN3/c1-8-4(7)3(5)2-6/h2,6,8H,7H2,1H3/b4-3-,6-2?. The second-order valence-corrected chi connectivity index (χ2v) is 1.16. The number of halogens is 1. The third-order valence-corrected chi connectivity index (χ3v) is 0.653. The summed E-state index contributed by atoms with van der Waals surface area (Å²) < 4.78 is 12.0. The van der Waals surface area contributed by atoms with Crippen LogP contribution in [-0.2, 0) is 0 Å². The van der Waals surface area contributed by atoms with Crippen LogP contribution in [0.3, 0.4) is 0 Å². The molecular weight excluding hydrogens is 109 g/mol. The van der Waals surface area contributed by atoms with Crippen molar-refractivity contribution in [2.45, 2.75) is 0 Å². The highest BCUT2D eigenvalue weighted by molar-refractivity contribution is 5.73. The van der Waals surface area contributed by atoms with Crippen molar-refractivity contribution in [3.8, 4) is 0 Å². The molecule has 0 rings (SSSR count). The van der Waals surface area contributed by atoms with Gasteiger partial charge in [0.05, 0.1) is 6.21 Å². The smallest absolute Gasteiger partial charge is 0.180 e. The number of hydrogen-bond acceptors (Lipinski definition) is 3. The van der Waals surface area contributed by atoms with Gasteiger partial charge >= 0.3 is 0 Å². The van der Waals surface area contributed by atoms with E-state index < -0.39 is 5.83 Å². The molecule has 0 aliphatic carbocycles. The molecule has 0 aliphatic heterocycles. The summed E-state index contributed by atoms with van der Waals surface area (Å²) in [5.41, 5.74) is 4.97. The normalized spacial score (nSPS) is 12.2. The fraction of sp³-hybridized carbons (Fsp3) is 0.250. The summed E-state index contributed by atoms with van der Waals surface area (Å²) >= 11 is 0. The van der Waals surface area contributed by atoms with Crippen molar-refractivity contribution in [2.75, 3.05) is 7.05 Å². The van der Waals surface area contributed by atoms with Crippen molar-refractivity contribution in [1.82, 2.24) is 5.32 Å². The zero-order valence-corrected chi connectivity index (χ0v) is 4.53. The zero-order chi connectivity index (χ0) is 6.57. The minimum absolute atomic E-state index is 0.111. The van der Waals surface area contributed by atoms with Gasteiger partial charge < -0.3 is 16.5 Å². The van der Waals surface area contributed by atoms with Crippen molar-refractivity contribution >= 4 is 6.21 Å². The number of allylic oxidation sites excluding steroid dienone is 1. The Morgan fingerprint density at radius 2 is 2.38 bits per heavy atom. The largest absolute Gasteiger partial charge is 0.383 e. The van der Waals surface area contributed by atoms with E-state index in [0.29, 0.717) is 6.21 Å². The summed E-state index contributed by atoms with van der Waals surface area (Å²) in [6.45, 7) is 0. The molecule has 0 aliphatic rings.